The number of rotatable bonds is 9. The molecular formula is C19H19Cl2NO6S. The number of amides is 1. The minimum atomic E-state index is -3.83. The van der Waals surface area contributed by atoms with Crippen LogP contribution in [0.15, 0.2) is 47.4 Å². The van der Waals surface area contributed by atoms with E-state index in [1.54, 1.807) is 24.3 Å². The first-order valence-corrected chi connectivity index (χ1v) is 11.0. The highest BCUT2D eigenvalue weighted by molar-refractivity contribution is 7.91. The zero-order valence-corrected chi connectivity index (χ0v) is 17.8. The molecule has 0 saturated heterocycles. The maximum absolute atomic E-state index is 12.3. The fourth-order valence-corrected chi connectivity index (χ4v) is 4.29. The average Bonchev–Trinajstić information content (AvgIpc) is 2.68. The van der Waals surface area contributed by atoms with Gasteiger partial charge in [0.05, 0.1) is 28.7 Å². The third-order valence-corrected chi connectivity index (χ3v) is 6.04. The van der Waals surface area contributed by atoms with E-state index >= 15 is 0 Å². The number of hydrogen-bond acceptors (Lipinski definition) is 6. The number of benzene rings is 2. The molecule has 0 saturated carbocycles. The van der Waals surface area contributed by atoms with E-state index in [2.05, 4.69) is 5.32 Å². The van der Waals surface area contributed by atoms with Gasteiger partial charge in [-0.15, -0.1) is 0 Å². The average molecular weight is 460 g/mol. The topological polar surface area (TPSA) is 98.8 Å². The molecule has 2 aromatic rings. The second-order valence-corrected chi connectivity index (χ2v) is 8.73. The van der Waals surface area contributed by atoms with E-state index < -0.39 is 40.5 Å². The van der Waals surface area contributed by atoms with Gasteiger partial charge in [0.2, 0.25) is 0 Å². The second-order valence-electron chi connectivity index (χ2n) is 5.81. The largest absolute Gasteiger partial charge is 0.494 e. The van der Waals surface area contributed by atoms with Gasteiger partial charge in [-0.05, 0) is 49.4 Å². The maximum atomic E-state index is 12.3. The van der Waals surface area contributed by atoms with Crippen molar-refractivity contribution < 1.29 is 27.5 Å². The molecule has 0 aliphatic rings. The van der Waals surface area contributed by atoms with Crippen LogP contribution in [0, 0.1) is 0 Å². The Morgan fingerprint density at radius 2 is 1.76 bits per heavy atom. The number of nitrogens with one attached hydrogen (secondary N) is 1. The van der Waals surface area contributed by atoms with E-state index in [0.717, 1.165) is 0 Å². The molecule has 0 heterocycles. The fraction of sp³-hybridized carbons (Fsp3) is 0.263. The molecule has 1 amide bonds. The lowest BCUT2D eigenvalue weighted by Crippen LogP contribution is -2.22. The van der Waals surface area contributed by atoms with Gasteiger partial charge in [-0.1, -0.05) is 23.2 Å². The highest BCUT2D eigenvalue weighted by atomic mass is 35.5. The van der Waals surface area contributed by atoms with Gasteiger partial charge in [0.25, 0.3) is 5.91 Å². The molecule has 2 rings (SSSR count). The molecule has 1 N–H and O–H groups in total. The predicted molar refractivity (Wildman–Crippen MR) is 110 cm³/mol. The lowest BCUT2D eigenvalue weighted by atomic mass is 10.3. The van der Waals surface area contributed by atoms with Crippen molar-refractivity contribution in [2.45, 2.75) is 18.2 Å². The van der Waals surface area contributed by atoms with Gasteiger partial charge in [0.1, 0.15) is 5.75 Å². The van der Waals surface area contributed by atoms with E-state index in [4.69, 9.17) is 32.7 Å². The number of esters is 1. The summed E-state index contributed by atoms with van der Waals surface area (Å²) in [5, 5.41) is 2.78. The molecule has 2 aromatic carbocycles. The van der Waals surface area contributed by atoms with Crippen LogP contribution in [0.4, 0.5) is 5.69 Å². The van der Waals surface area contributed by atoms with Gasteiger partial charge in [-0.3, -0.25) is 9.59 Å². The highest BCUT2D eigenvalue weighted by Gasteiger charge is 2.21. The summed E-state index contributed by atoms with van der Waals surface area (Å²) in [5.41, 5.74) is 0.507. The summed E-state index contributed by atoms with van der Waals surface area (Å²) in [5.74, 6) is -1.23. The first-order valence-electron chi connectivity index (χ1n) is 8.57. The third kappa shape index (κ3) is 7.23. The molecule has 0 bridgehead atoms. The summed E-state index contributed by atoms with van der Waals surface area (Å²) >= 11 is 11.7. The van der Waals surface area contributed by atoms with Gasteiger partial charge < -0.3 is 14.8 Å². The minimum absolute atomic E-state index is 0.0116. The maximum Gasteiger partial charge on any atom is 0.307 e. The Morgan fingerprint density at radius 3 is 2.41 bits per heavy atom. The van der Waals surface area contributed by atoms with Crippen LogP contribution in [0.3, 0.4) is 0 Å². The van der Waals surface area contributed by atoms with Crippen LogP contribution in [0.2, 0.25) is 10.0 Å². The summed E-state index contributed by atoms with van der Waals surface area (Å²) in [4.78, 5) is 23.5. The first-order chi connectivity index (χ1) is 13.7. The molecule has 0 aliphatic carbocycles. The molecule has 0 aromatic heterocycles. The van der Waals surface area contributed by atoms with Crippen molar-refractivity contribution in [3.63, 3.8) is 0 Å². The molecular weight excluding hydrogens is 441 g/mol. The number of hydrogen-bond donors (Lipinski definition) is 1. The Labute approximate surface area is 178 Å². The fourth-order valence-electron chi connectivity index (χ4n) is 2.26. The molecule has 0 spiro atoms. The van der Waals surface area contributed by atoms with E-state index in [0.29, 0.717) is 18.0 Å². The number of anilines is 1. The van der Waals surface area contributed by atoms with Gasteiger partial charge in [-0.25, -0.2) is 8.42 Å². The molecule has 0 fully saturated rings. The van der Waals surface area contributed by atoms with Crippen LogP contribution in [0.1, 0.15) is 13.3 Å². The lowest BCUT2D eigenvalue weighted by molar-refractivity contribution is -0.146. The summed E-state index contributed by atoms with van der Waals surface area (Å²) in [6, 6.07) is 10.7. The summed E-state index contributed by atoms with van der Waals surface area (Å²) < 4.78 is 34.8. The number of ether oxygens (including phenoxy) is 2. The molecule has 0 radical (unpaired) electrons. The van der Waals surface area contributed by atoms with Crippen LogP contribution < -0.4 is 10.1 Å². The van der Waals surface area contributed by atoms with Crippen molar-refractivity contribution in [1.29, 1.82) is 0 Å². The van der Waals surface area contributed by atoms with Gasteiger partial charge >= 0.3 is 5.97 Å². The quantitative estimate of drug-likeness (QED) is 0.573. The zero-order chi connectivity index (χ0) is 21.4. The van der Waals surface area contributed by atoms with Crippen molar-refractivity contribution in [2.24, 2.45) is 0 Å². The van der Waals surface area contributed by atoms with Crippen molar-refractivity contribution in [3.8, 4) is 5.75 Å². The van der Waals surface area contributed by atoms with Crippen LogP contribution in [0.25, 0.3) is 0 Å². The van der Waals surface area contributed by atoms with Crippen LogP contribution in [-0.4, -0.2) is 39.3 Å². The number of carbonyl (C=O) groups excluding carboxylic acids is 2. The van der Waals surface area contributed by atoms with Gasteiger partial charge in [-0.2, -0.15) is 0 Å². The van der Waals surface area contributed by atoms with Crippen molar-refractivity contribution in [3.05, 3.63) is 52.5 Å². The zero-order valence-electron chi connectivity index (χ0n) is 15.5. The number of halogens is 2. The van der Waals surface area contributed by atoms with E-state index in [-0.39, 0.29) is 14.9 Å². The Morgan fingerprint density at radius 1 is 1.07 bits per heavy atom. The molecule has 0 unspecified atom stereocenters. The molecule has 29 heavy (non-hydrogen) atoms. The Kier molecular flexibility index (Phi) is 8.31. The normalized spacial score (nSPS) is 11.0. The number of carbonyl (C=O) groups is 2. The Bertz CT molecular complexity index is 977. The van der Waals surface area contributed by atoms with Crippen molar-refractivity contribution >= 4 is 50.6 Å². The second kappa shape index (κ2) is 10.5. The summed E-state index contributed by atoms with van der Waals surface area (Å²) in [6.45, 7) is 1.85. The monoisotopic (exact) mass is 459 g/mol. The third-order valence-electron chi connectivity index (χ3n) is 3.62. The summed E-state index contributed by atoms with van der Waals surface area (Å²) in [6.07, 6.45) is -0.429. The highest BCUT2D eigenvalue weighted by Crippen LogP contribution is 2.26. The molecule has 156 valence electrons. The van der Waals surface area contributed by atoms with E-state index in [1.165, 1.54) is 18.2 Å². The minimum Gasteiger partial charge on any atom is -0.494 e. The summed E-state index contributed by atoms with van der Waals surface area (Å²) in [7, 11) is -3.83. The molecule has 0 aliphatic heterocycles. The van der Waals surface area contributed by atoms with E-state index in [9.17, 15) is 18.0 Å². The lowest BCUT2D eigenvalue weighted by Gasteiger charge is -2.09. The molecule has 0 atom stereocenters. The van der Waals surface area contributed by atoms with Crippen LogP contribution in [-0.2, 0) is 24.2 Å². The van der Waals surface area contributed by atoms with Crippen LogP contribution in [0.5, 0.6) is 5.75 Å². The van der Waals surface area contributed by atoms with Crippen molar-refractivity contribution in [2.75, 3.05) is 24.3 Å². The van der Waals surface area contributed by atoms with Crippen molar-refractivity contribution in [1.82, 2.24) is 0 Å². The predicted octanol–water partition coefficient (Wildman–Crippen LogP) is 3.74. The standard InChI is InChI=1S/C19H19Cl2NO6S/c1-2-27-15-6-4-14(5-7-15)22-18(23)12-28-19(24)9-10-29(25,26)17-11-13(20)3-8-16(17)21/h3-8,11H,2,9-10,12H2,1H3,(H,22,23). The molecule has 10 heteroatoms. The van der Waals surface area contributed by atoms with Gasteiger partial charge in [0, 0.05) is 10.7 Å². The SMILES string of the molecule is CCOc1ccc(NC(=O)COC(=O)CCS(=O)(=O)c2cc(Cl)ccc2Cl)cc1. The Hall–Kier alpha value is -2.29. The van der Waals surface area contributed by atoms with E-state index in [1.807, 2.05) is 6.92 Å². The van der Waals surface area contributed by atoms with Crippen LogP contribution >= 0.6 is 23.2 Å². The Balaban J connectivity index is 1.81. The molecule has 7 nitrogen and oxygen atoms in total. The first kappa shape index (κ1) is 23.0. The smallest absolute Gasteiger partial charge is 0.307 e. The number of sulfone groups is 1. The van der Waals surface area contributed by atoms with Gasteiger partial charge in [0.15, 0.2) is 16.4 Å².